The van der Waals surface area contributed by atoms with Crippen LogP contribution in [-0.2, 0) is 13.1 Å². The van der Waals surface area contributed by atoms with Gasteiger partial charge in [0.15, 0.2) is 6.23 Å². The number of aliphatic hydroxyl groups excluding tert-OH is 1. The molecule has 0 radical (unpaired) electrons. The second-order valence-corrected chi connectivity index (χ2v) is 8.74. The molecule has 0 spiro atoms. The Labute approximate surface area is 199 Å². The number of halogens is 1. The Kier molecular flexibility index (Phi) is 4.94. The average Bonchev–Trinajstić information content (AvgIpc) is 3.18. The molecule has 8 heteroatoms. The van der Waals surface area contributed by atoms with Crippen LogP contribution in [0.4, 0.5) is 5.95 Å². The van der Waals surface area contributed by atoms with Crippen LogP contribution < -0.4 is 10.9 Å². The zero-order valence-corrected chi connectivity index (χ0v) is 18.8. The summed E-state index contributed by atoms with van der Waals surface area (Å²) in [5.74, 6) is 0.556. The minimum Gasteiger partial charge on any atom is -0.369 e. The molecule has 3 heterocycles. The summed E-state index contributed by atoms with van der Waals surface area (Å²) in [7, 11) is 0. The van der Waals surface area contributed by atoms with E-state index >= 15 is 0 Å². The lowest BCUT2D eigenvalue weighted by molar-refractivity contribution is 0.206. The number of para-hydroxylation sites is 2. The Morgan fingerprint density at radius 2 is 1.79 bits per heavy atom. The summed E-state index contributed by atoms with van der Waals surface area (Å²) >= 11 is 6.55. The first-order valence-electron chi connectivity index (χ1n) is 10.9. The number of hydrogen-bond acceptors (Lipinski definition) is 5. The van der Waals surface area contributed by atoms with Gasteiger partial charge in [0.05, 0.1) is 34.8 Å². The van der Waals surface area contributed by atoms with Gasteiger partial charge in [-0.2, -0.15) is 5.10 Å². The van der Waals surface area contributed by atoms with Gasteiger partial charge in [-0.15, -0.1) is 0 Å². The van der Waals surface area contributed by atoms with Crippen molar-refractivity contribution in [1.82, 2.24) is 19.3 Å². The molecule has 0 aliphatic carbocycles. The number of aromatic nitrogens is 4. The molecular formula is C26H20ClN5O2. The molecule has 5 aromatic rings. The third-order valence-electron chi connectivity index (χ3n) is 6.03. The first-order valence-corrected chi connectivity index (χ1v) is 11.3. The van der Waals surface area contributed by atoms with Crippen LogP contribution in [0.5, 0.6) is 0 Å². The zero-order valence-electron chi connectivity index (χ0n) is 18.0. The highest BCUT2D eigenvalue weighted by Gasteiger charge is 2.17. The van der Waals surface area contributed by atoms with Crippen LogP contribution in [0.2, 0.25) is 5.02 Å². The number of imidazole rings is 1. The molecule has 34 heavy (non-hydrogen) atoms. The summed E-state index contributed by atoms with van der Waals surface area (Å²) < 4.78 is 3.44. The van der Waals surface area contributed by atoms with E-state index in [1.807, 2.05) is 71.3 Å². The first kappa shape index (κ1) is 20.7. The SMILES string of the molecule is O=c1ccc2nn1Cc1cccc(c1)C(O)Nc1nc3ccccc3n1Cc1ccc(Cl)c-2c1. The van der Waals surface area contributed by atoms with Crippen LogP contribution in [0, 0.1) is 0 Å². The Bertz CT molecular complexity index is 1610. The Hall–Kier alpha value is -3.94. The molecule has 168 valence electrons. The van der Waals surface area contributed by atoms with E-state index in [1.54, 1.807) is 6.07 Å². The second-order valence-electron chi connectivity index (χ2n) is 8.33. The Morgan fingerprint density at radius 1 is 0.941 bits per heavy atom. The number of benzene rings is 3. The molecule has 0 saturated carbocycles. The summed E-state index contributed by atoms with van der Waals surface area (Å²) in [6.45, 7) is 0.766. The molecular weight excluding hydrogens is 450 g/mol. The number of anilines is 1. The molecule has 2 aromatic heterocycles. The predicted octanol–water partition coefficient (Wildman–Crippen LogP) is 4.43. The van der Waals surface area contributed by atoms with E-state index in [2.05, 4.69) is 10.4 Å². The molecule has 0 fully saturated rings. The molecule has 1 aliphatic heterocycles. The lowest BCUT2D eigenvalue weighted by Crippen LogP contribution is -2.23. The van der Waals surface area contributed by atoms with Crippen LogP contribution >= 0.6 is 11.6 Å². The summed E-state index contributed by atoms with van der Waals surface area (Å²) in [6, 6.07) is 24.3. The summed E-state index contributed by atoms with van der Waals surface area (Å²) in [4.78, 5) is 17.3. The van der Waals surface area contributed by atoms with Gasteiger partial charge in [0.1, 0.15) is 0 Å². The number of nitrogens with one attached hydrogen (secondary N) is 1. The quantitative estimate of drug-likeness (QED) is 0.350. The van der Waals surface area contributed by atoms with Crippen molar-refractivity contribution < 1.29 is 5.11 Å². The van der Waals surface area contributed by atoms with Crippen molar-refractivity contribution in [2.24, 2.45) is 0 Å². The van der Waals surface area contributed by atoms with Gasteiger partial charge in [-0.1, -0.05) is 48.0 Å². The highest BCUT2D eigenvalue weighted by Crippen LogP contribution is 2.30. The third kappa shape index (κ3) is 3.65. The van der Waals surface area contributed by atoms with Crippen LogP contribution in [0.15, 0.2) is 83.7 Å². The van der Waals surface area contributed by atoms with E-state index < -0.39 is 6.23 Å². The molecule has 7 nitrogen and oxygen atoms in total. The minimum absolute atomic E-state index is 0.212. The summed E-state index contributed by atoms with van der Waals surface area (Å²) in [5.41, 5.74) is 5.41. The molecule has 2 N–H and O–H groups in total. The fraction of sp³-hybridized carbons (Fsp3) is 0.115. The van der Waals surface area contributed by atoms with Crippen molar-refractivity contribution in [3.8, 4) is 11.3 Å². The van der Waals surface area contributed by atoms with Crippen molar-refractivity contribution in [2.45, 2.75) is 19.3 Å². The Morgan fingerprint density at radius 3 is 2.71 bits per heavy atom. The Balaban J connectivity index is 1.59. The van der Waals surface area contributed by atoms with Crippen LogP contribution in [0.1, 0.15) is 22.9 Å². The van der Waals surface area contributed by atoms with Gasteiger partial charge in [-0.3, -0.25) is 4.79 Å². The van der Waals surface area contributed by atoms with Gasteiger partial charge >= 0.3 is 0 Å². The number of rotatable bonds is 0. The maximum atomic E-state index is 12.5. The fourth-order valence-corrected chi connectivity index (χ4v) is 4.56. The van der Waals surface area contributed by atoms with Crippen molar-refractivity contribution in [3.05, 3.63) is 111 Å². The van der Waals surface area contributed by atoms with Crippen molar-refractivity contribution in [2.75, 3.05) is 5.32 Å². The molecule has 0 saturated heterocycles. The normalized spacial score (nSPS) is 15.2. The van der Waals surface area contributed by atoms with Gasteiger partial charge in [0.25, 0.3) is 5.56 Å². The highest BCUT2D eigenvalue weighted by atomic mass is 35.5. The average molecular weight is 470 g/mol. The van der Waals surface area contributed by atoms with Gasteiger partial charge in [0.2, 0.25) is 5.95 Å². The number of hydrogen-bond donors (Lipinski definition) is 2. The maximum Gasteiger partial charge on any atom is 0.267 e. The maximum absolute atomic E-state index is 12.5. The highest BCUT2D eigenvalue weighted by molar-refractivity contribution is 6.33. The van der Waals surface area contributed by atoms with Gasteiger partial charge < -0.3 is 15.0 Å². The summed E-state index contributed by atoms with van der Waals surface area (Å²) in [5, 5.41) is 19.3. The second kappa shape index (κ2) is 8.13. The molecule has 1 atom stereocenters. The van der Waals surface area contributed by atoms with E-state index in [9.17, 15) is 9.90 Å². The van der Waals surface area contributed by atoms with E-state index in [-0.39, 0.29) is 12.1 Å². The number of aliphatic hydroxyl groups is 1. The lowest BCUT2D eigenvalue weighted by Gasteiger charge is -2.17. The van der Waals surface area contributed by atoms with Crippen molar-refractivity contribution >= 4 is 28.6 Å². The van der Waals surface area contributed by atoms with Crippen LogP contribution in [-0.4, -0.2) is 24.4 Å². The molecule has 6 bridgehead atoms. The van der Waals surface area contributed by atoms with Crippen LogP contribution in [0.25, 0.3) is 22.3 Å². The largest absolute Gasteiger partial charge is 0.369 e. The predicted molar refractivity (Wildman–Crippen MR) is 132 cm³/mol. The standard InChI is InChI=1S/C26H20ClN5O2/c27-20-9-8-17-13-19(20)21-10-11-24(33)32(30-21)15-16-4-3-5-18(12-16)25(34)29-26-28-22-6-1-2-7-23(22)31(26)14-17/h1-13,25,34H,14-15H2,(H,28,29). The monoisotopic (exact) mass is 469 g/mol. The van der Waals surface area contributed by atoms with Gasteiger partial charge in [-0.05, 0) is 47.5 Å². The van der Waals surface area contributed by atoms with Gasteiger partial charge in [0, 0.05) is 17.2 Å². The van der Waals surface area contributed by atoms with Gasteiger partial charge in [-0.25, -0.2) is 9.67 Å². The minimum atomic E-state index is -0.988. The number of fused-ring (bicyclic) bond motifs is 10. The van der Waals surface area contributed by atoms with E-state index in [0.29, 0.717) is 28.8 Å². The van der Waals surface area contributed by atoms with Crippen LogP contribution in [0.3, 0.4) is 0 Å². The lowest BCUT2D eigenvalue weighted by atomic mass is 10.1. The first-order chi connectivity index (χ1) is 16.5. The van der Waals surface area contributed by atoms with E-state index in [1.165, 1.54) is 10.7 Å². The topological polar surface area (TPSA) is 85.0 Å². The molecule has 1 aliphatic rings. The molecule has 1 unspecified atom stereocenters. The molecule has 6 rings (SSSR count). The molecule has 3 aromatic carbocycles. The summed E-state index contributed by atoms with van der Waals surface area (Å²) in [6.07, 6.45) is -0.988. The smallest absolute Gasteiger partial charge is 0.267 e. The van der Waals surface area contributed by atoms with Crippen molar-refractivity contribution in [1.29, 1.82) is 0 Å². The number of nitrogens with zero attached hydrogens (tertiary/aromatic N) is 4. The zero-order chi connectivity index (χ0) is 23.2. The van der Waals surface area contributed by atoms with E-state index in [0.717, 1.165) is 27.7 Å². The fourth-order valence-electron chi connectivity index (χ4n) is 4.34. The van der Waals surface area contributed by atoms with E-state index in [4.69, 9.17) is 16.6 Å². The third-order valence-corrected chi connectivity index (χ3v) is 6.36. The van der Waals surface area contributed by atoms with Crippen molar-refractivity contribution in [3.63, 3.8) is 0 Å². The molecule has 0 amide bonds.